The van der Waals surface area contributed by atoms with Gasteiger partial charge in [-0.05, 0) is 42.7 Å². The summed E-state index contributed by atoms with van der Waals surface area (Å²) in [7, 11) is 3.50. The summed E-state index contributed by atoms with van der Waals surface area (Å²) in [5, 5.41) is 54.6. The number of ketones is 2. The Kier molecular flexibility index (Phi) is 7.49. The lowest BCUT2D eigenvalue weighted by atomic mass is 9.59. The standard InChI is InChI=1S/C28H32N2O9/c1-4-5-8-39-19(32)7-6-13-11-17(30(2)3)16-10-14-9-15-12-18(31)22(27(29)37)26(36)28(15,38)25(35)20(14)24(34)21(16)23(13)33/h11,14-15,19,32-34,36,38H,4-5,8-10,12H2,1-3H3,(H2,29,37)/t14-,15+,19?,28+/m1/s1. The highest BCUT2D eigenvalue weighted by atomic mass is 16.6. The number of hydrogen-bond acceptors (Lipinski definition) is 10. The van der Waals surface area contributed by atoms with Crippen molar-refractivity contribution in [1.82, 2.24) is 0 Å². The molecule has 0 bridgehead atoms. The molecule has 0 heterocycles. The molecule has 1 amide bonds. The van der Waals surface area contributed by atoms with E-state index in [2.05, 4.69) is 11.8 Å². The first kappa shape index (κ1) is 28.2. The number of carbonyl (C=O) groups excluding carboxylic acids is 3. The molecule has 11 heteroatoms. The largest absolute Gasteiger partial charge is 0.508 e. The van der Waals surface area contributed by atoms with Gasteiger partial charge in [0.15, 0.2) is 11.4 Å². The predicted octanol–water partition coefficient (Wildman–Crippen LogP) is 0.977. The number of rotatable bonds is 6. The molecule has 3 aliphatic carbocycles. The molecule has 11 nitrogen and oxygen atoms in total. The highest BCUT2D eigenvalue weighted by Gasteiger charge is 2.60. The average Bonchev–Trinajstić information content (AvgIpc) is 2.85. The third-order valence-corrected chi connectivity index (χ3v) is 7.63. The van der Waals surface area contributed by atoms with E-state index in [1.54, 1.807) is 25.1 Å². The summed E-state index contributed by atoms with van der Waals surface area (Å²) in [4.78, 5) is 39.7. The quantitative estimate of drug-likeness (QED) is 0.131. The van der Waals surface area contributed by atoms with Gasteiger partial charge < -0.3 is 40.9 Å². The molecule has 7 N–H and O–H groups in total. The second-order valence-electron chi connectivity index (χ2n) is 10.3. The number of amides is 1. The maximum atomic E-state index is 13.7. The summed E-state index contributed by atoms with van der Waals surface area (Å²) in [5.41, 5.74) is 2.61. The number of phenols is 1. The van der Waals surface area contributed by atoms with Crippen molar-refractivity contribution in [3.63, 3.8) is 0 Å². The third-order valence-electron chi connectivity index (χ3n) is 7.63. The van der Waals surface area contributed by atoms with E-state index in [0.29, 0.717) is 17.9 Å². The molecule has 4 atom stereocenters. The second-order valence-corrected chi connectivity index (χ2v) is 10.3. The van der Waals surface area contributed by atoms with Crippen LogP contribution in [0.15, 0.2) is 23.0 Å². The molecule has 1 saturated carbocycles. The number of aliphatic hydroxyl groups excluding tert-OH is 3. The monoisotopic (exact) mass is 540 g/mol. The summed E-state index contributed by atoms with van der Waals surface area (Å²) in [5.74, 6) is -1.80. The van der Waals surface area contributed by atoms with Gasteiger partial charge >= 0.3 is 0 Å². The number of aromatic hydroxyl groups is 1. The topological polar surface area (TPSA) is 191 Å². The van der Waals surface area contributed by atoms with Crippen LogP contribution in [0.2, 0.25) is 0 Å². The number of nitrogens with two attached hydrogens (primary N) is 1. The maximum Gasteiger partial charge on any atom is 0.255 e. The molecular formula is C28H32N2O9. The summed E-state index contributed by atoms with van der Waals surface area (Å²) in [6, 6.07) is 1.59. The van der Waals surface area contributed by atoms with Crippen LogP contribution in [0, 0.1) is 23.7 Å². The molecule has 0 spiro atoms. The van der Waals surface area contributed by atoms with E-state index in [4.69, 9.17) is 10.5 Å². The minimum atomic E-state index is -2.63. The van der Waals surface area contributed by atoms with Gasteiger partial charge in [-0.25, -0.2) is 0 Å². The number of unbranched alkanes of at least 4 members (excludes halogenated alkanes) is 1. The summed E-state index contributed by atoms with van der Waals surface area (Å²) in [6.07, 6.45) is 0.0309. The van der Waals surface area contributed by atoms with E-state index in [0.717, 1.165) is 12.8 Å². The Morgan fingerprint density at radius 2 is 1.95 bits per heavy atom. The van der Waals surface area contributed by atoms with Crippen molar-refractivity contribution >= 4 is 28.9 Å². The molecule has 1 aromatic carbocycles. The fourth-order valence-electron chi connectivity index (χ4n) is 5.68. The number of carbonyl (C=O) groups is 3. The zero-order valence-corrected chi connectivity index (χ0v) is 21.9. The van der Waals surface area contributed by atoms with Crippen LogP contribution in [0.3, 0.4) is 0 Å². The number of anilines is 1. The van der Waals surface area contributed by atoms with Gasteiger partial charge in [-0.15, -0.1) is 0 Å². The van der Waals surface area contributed by atoms with E-state index in [1.807, 2.05) is 6.92 Å². The van der Waals surface area contributed by atoms with Crippen LogP contribution in [0.5, 0.6) is 5.75 Å². The van der Waals surface area contributed by atoms with E-state index in [1.165, 1.54) is 0 Å². The lowest BCUT2D eigenvalue weighted by molar-refractivity contribution is -0.147. The van der Waals surface area contributed by atoms with Gasteiger partial charge in [0.05, 0.1) is 17.7 Å². The van der Waals surface area contributed by atoms with Crippen LogP contribution in [-0.2, 0) is 25.5 Å². The van der Waals surface area contributed by atoms with Crippen molar-refractivity contribution in [2.45, 2.75) is 50.9 Å². The van der Waals surface area contributed by atoms with E-state index in [-0.39, 0.29) is 36.0 Å². The predicted molar refractivity (Wildman–Crippen MR) is 139 cm³/mol. The molecule has 3 aliphatic rings. The Hall–Kier alpha value is -3.85. The number of ether oxygens (including phenoxy) is 1. The fourth-order valence-corrected chi connectivity index (χ4v) is 5.68. The number of primary amides is 1. The SMILES string of the molecule is CCCCOC(O)C#Cc1cc(N(C)C)c2c(c1O)C(O)=C1C(=O)[C@]3(O)C(O)=C(C(N)=O)C(=O)C[C@@H]3C[C@@H]1C2. The highest BCUT2D eigenvalue weighted by molar-refractivity contribution is 6.22. The number of benzene rings is 1. The van der Waals surface area contributed by atoms with Crippen molar-refractivity contribution in [3.05, 3.63) is 39.7 Å². The molecule has 0 radical (unpaired) electrons. The third kappa shape index (κ3) is 4.54. The normalized spacial score (nSPS) is 24.8. The van der Waals surface area contributed by atoms with Crippen LogP contribution in [0.4, 0.5) is 5.69 Å². The summed E-state index contributed by atoms with van der Waals surface area (Å²) < 4.78 is 5.22. The van der Waals surface area contributed by atoms with Gasteiger partial charge in [-0.1, -0.05) is 19.3 Å². The second kappa shape index (κ2) is 10.4. The Morgan fingerprint density at radius 1 is 1.26 bits per heavy atom. The van der Waals surface area contributed by atoms with Crippen LogP contribution < -0.4 is 10.6 Å². The first-order chi connectivity index (χ1) is 18.3. The first-order valence-corrected chi connectivity index (χ1v) is 12.7. The minimum Gasteiger partial charge on any atom is -0.508 e. The molecule has 1 aromatic rings. The maximum absolute atomic E-state index is 13.7. The number of phenolic OH excluding ortho intramolecular Hbond substituents is 1. The Balaban J connectivity index is 1.86. The van der Waals surface area contributed by atoms with Gasteiger partial charge in [0.2, 0.25) is 12.1 Å². The molecule has 0 aromatic heterocycles. The summed E-state index contributed by atoms with van der Waals surface area (Å²) in [6.45, 7) is 2.27. The van der Waals surface area contributed by atoms with Crippen LogP contribution >= 0.6 is 0 Å². The molecule has 1 unspecified atom stereocenters. The van der Waals surface area contributed by atoms with E-state index in [9.17, 15) is 39.9 Å². The number of fused-ring (bicyclic) bond motifs is 3. The molecule has 0 aliphatic heterocycles. The fraction of sp³-hybridized carbons (Fsp3) is 0.464. The zero-order chi connectivity index (χ0) is 28.8. The average molecular weight is 541 g/mol. The van der Waals surface area contributed by atoms with Gasteiger partial charge in [0, 0.05) is 37.7 Å². The smallest absolute Gasteiger partial charge is 0.255 e. The van der Waals surface area contributed by atoms with Crippen molar-refractivity contribution < 1.29 is 44.7 Å². The highest BCUT2D eigenvalue weighted by Crippen LogP contribution is 2.53. The Bertz CT molecular complexity index is 1380. The van der Waals surface area contributed by atoms with Gasteiger partial charge in [-0.3, -0.25) is 14.4 Å². The molecule has 1 fully saturated rings. The van der Waals surface area contributed by atoms with Gasteiger partial charge in [0.25, 0.3) is 5.91 Å². The molecule has 39 heavy (non-hydrogen) atoms. The zero-order valence-electron chi connectivity index (χ0n) is 21.9. The molecule has 208 valence electrons. The van der Waals surface area contributed by atoms with Crippen LogP contribution in [0.1, 0.15) is 49.3 Å². The Morgan fingerprint density at radius 3 is 2.56 bits per heavy atom. The van der Waals surface area contributed by atoms with Gasteiger partial charge in [-0.2, -0.15) is 0 Å². The number of Topliss-reactive ketones (excluding diaryl/α,β-unsaturated/α-hetero) is 2. The van der Waals surface area contributed by atoms with E-state index >= 15 is 0 Å². The lowest BCUT2D eigenvalue weighted by Gasteiger charge is -2.46. The number of nitrogens with zero attached hydrogens (tertiary/aromatic N) is 1. The van der Waals surface area contributed by atoms with Crippen molar-refractivity contribution in [2.75, 3.05) is 25.6 Å². The van der Waals surface area contributed by atoms with Gasteiger partial charge in [0.1, 0.15) is 22.8 Å². The van der Waals surface area contributed by atoms with Crippen molar-refractivity contribution in [3.8, 4) is 17.6 Å². The lowest BCUT2D eigenvalue weighted by Crippen LogP contribution is -2.58. The molecule has 0 saturated heterocycles. The first-order valence-electron chi connectivity index (χ1n) is 12.7. The number of aliphatic hydroxyl groups is 4. The van der Waals surface area contributed by atoms with Crippen molar-refractivity contribution in [1.29, 1.82) is 0 Å². The van der Waals surface area contributed by atoms with E-state index < -0.39 is 64.0 Å². The number of hydrogen-bond donors (Lipinski definition) is 6. The van der Waals surface area contributed by atoms with Crippen LogP contribution in [-0.4, -0.2) is 75.6 Å². The Labute approximate surface area is 225 Å². The summed E-state index contributed by atoms with van der Waals surface area (Å²) >= 11 is 0. The van der Waals surface area contributed by atoms with Crippen molar-refractivity contribution in [2.24, 2.45) is 17.6 Å². The minimum absolute atomic E-state index is 0.0411. The molecule has 4 rings (SSSR count). The van der Waals surface area contributed by atoms with Crippen LogP contribution in [0.25, 0.3) is 5.76 Å². The molecular weight excluding hydrogens is 508 g/mol.